The van der Waals surface area contributed by atoms with Crippen LogP contribution in [0.25, 0.3) is 0 Å². The maximum Gasteiger partial charge on any atom is 0.255 e. The van der Waals surface area contributed by atoms with E-state index in [1.165, 1.54) is 0 Å². The Bertz CT molecular complexity index is 1250. The lowest BCUT2D eigenvalue weighted by atomic mass is 9.72. The maximum absolute atomic E-state index is 13.2. The molecule has 5 rings (SSSR count). The number of likely N-dealkylation sites (tertiary alicyclic amines) is 1. The SMILES string of the molecule is COc1ccccc1C(=O)N[C@@H]1c2ccccc2C2(CCN(Cc3c(O)cccc3OC)CC2)[C@H]1O. The third-order valence-corrected chi connectivity index (χ3v) is 7.81. The van der Waals surface area contributed by atoms with E-state index in [2.05, 4.69) is 16.3 Å². The Labute approximate surface area is 211 Å². The van der Waals surface area contributed by atoms with Crippen LogP contribution in [0.2, 0.25) is 0 Å². The second-order valence-corrected chi connectivity index (χ2v) is 9.57. The van der Waals surface area contributed by atoms with Crippen molar-refractivity contribution in [2.45, 2.75) is 36.9 Å². The number of aliphatic hydroxyl groups is 1. The van der Waals surface area contributed by atoms with Gasteiger partial charge in [0.2, 0.25) is 0 Å². The molecule has 3 N–H and O–H groups in total. The van der Waals surface area contributed by atoms with E-state index in [0.29, 0.717) is 23.6 Å². The Morgan fingerprint density at radius 1 is 0.972 bits per heavy atom. The van der Waals surface area contributed by atoms with Crippen molar-refractivity contribution >= 4 is 5.91 Å². The molecule has 0 unspecified atom stereocenters. The Hall–Kier alpha value is -3.55. The molecular formula is C29H32N2O5. The number of ether oxygens (including phenoxy) is 2. The third kappa shape index (κ3) is 4.08. The van der Waals surface area contributed by atoms with Gasteiger partial charge in [0.1, 0.15) is 17.2 Å². The normalized spacial score (nSPS) is 20.6. The minimum absolute atomic E-state index is 0.222. The topological polar surface area (TPSA) is 91.3 Å². The van der Waals surface area contributed by atoms with E-state index in [0.717, 1.165) is 42.6 Å². The first-order valence-corrected chi connectivity index (χ1v) is 12.3. The van der Waals surface area contributed by atoms with Crippen molar-refractivity contribution < 1.29 is 24.5 Å². The molecule has 2 atom stereocenters. The van der Waals surface area contributed by atoms with Crippen LogP contribution in [0.1, 0.15) is 45.9 Å². The smallest absolute Gasteiger partial charge is 0.255 e. The molecule has 7 heteroatoms. The molecule has 0 aromatic heterocycles. The highest BCUT2D eigenvalue weighted by molar-refractivity contribution is 5.97. The minimum atomic E-state index is -0.754. The average Bonchev–Trinajstić information content (AvgIpc) is 3.13. The first kappa shape index (κ1) is 24.2. The van der Waals surface area contributed by atoms with Gasteiger partial charge in [-0.2, -0.15) is 0 Å². The van der Waals surface area contributed by atoms with Gasteiger partial charge in [-0.15, -0.1) is 0 Å². The molecule has 1 saturated heterocycles. The molecule has 1 aliphatic carbocycles. The van der Waals surface area contributed by atoms with Crippen molar-refractivity contribution in [2.75, 3.05) is 27.3 Å². The number of carbonyl (C=O) groups excluding carboxylic acids is 1. The van der Waals surface area contributed by atoms with E-state index >= 15 is 0 Å². The van der Waals surface area contributed by atoms with Crippen LogP contribution in [0.3, 0.4) is 0 Å². The number of amides is 1. The van der Waals surface area contributed by atoms with Gasteiger partial charge in [0.15, 0.2) is 0 Å². The highest BCUT2D eigenvalue weighted by atomic mass is 16.5. The van der Waals surface area contributed by atoms with Crippen molar-refractivity contribution in [3.63, 3.8) is 0 Å². The molecule has 1 aliphatic heterocycles. The molecule has 2 aliphatic rings. The molecule has 188 valence electrons. The van der Waals surface area contributed by atoms with Crippen molar-refractivity contribution in [2.24, 2.45) is 0 Å². The standard InChI is InChI=1S/C29H32N2O5/c1-35-24-12-6-4-9-20(24)28(34)30-26-19-8-3-5-10-22(19)29(27(26)33)14-16-31(17-15-29)18-21-23(32)11-7-13-25(21)36-2/h3-13,26-27,32-33H,14-18H2,1-2H3,(H,30,34)/t26-,27+/m1/s1. The first-order chi connectivity index (χ1) is 17.5. The van der Waals surface area contributed by atoms with Gasteiger partial charge in [0.05, 0.1) is 31.9 Å². The fourth-order valence-corrected chi connectivity index (χ4v) is 5.88. The van der Waals surface area contributed by atoms with Gasteiger partial charge in [0, 0.05) is 17.5 Å². The van der Waals surface area contributed by atoms with Crippen LogP contribution in [0.5, 0.6) is 17.2 Å². The molecule has 0 saturated carbocycles. The zero-order chi connectivity index (χ0) is 25.3. The Balaban J connectivity index is 1.37. The number of hydrogen-bond donors (Lipinski definition) is 3. The number of carbonyl (C=O) groups is 1. The van der Waals surface area contributed by atoms with Crippen LogP contribution in [0.15, 0.2) is 66.7 Å². The van der Waals surface area contributed by atoms with E-state index in [-0.39, 0.29) is 11.7 Å². The van der Waals surface area contributed by atoms with E-state index in [9.17, 15) is 15.0 Å². The van der Waals surface area contributed by atoms with Gasteiger partial charge in [-0.3, -0.25) is 9.69 Å². The summed E-state index contributed by atoms with van der Waals surface area (Å²) >= 11 is 0. The van der Waals surface area contributed by atoms with Gasteiger partial charge in [-0.05, 0) is 61.3 Å². The summed E-state index contributed by atoms with van der Waals surface area (Å²) in [5.74, 6) is 1.12. The molecule has 3 aromatic carbocycles. The summed E-state index contributed by atoms with van der Waals surface area (Å²) < 4.78 is 10.8. The van der Waals surface area contributed by atoms with E-state index in [4.69, 9.17) is 9.47 Å². The number of aromatic hydroxyl groups is 1. The lowest BCUT2D eigenvalue weighted by molar-refractivity contribution is 0.0190. The fraction of sp³-hybridized carbons (Fsp3) is 0.345. The number of piperidine rings is 1. The van der Waals surface area contributed by atoms with Gasteiger partial charge >= 0.3 is 0 Å². The number of phenolic OH excluding ortho intramolecular Hbond substituents is 1. The van der Waals surface area contributed by atoms with Gasteiger partial charge in [-0.25, -0.2) is 0 Å². The van der Waals surface area contributed by atoms with Gasteiger partial charge in [-0.1, -0.05) is 42.5 Å². The Morgan fingerprint density at radius 3 is 2.39 bits per heavy atom. The molecule has 0 bridgehead atoms. The molecule has 1 amide bonds. The second kappa shape index (κ2) is 9.84. The summed E-state index contributed by atoms with van der Waals surface area (Å²) in [6.07, 6.45) is 0.722. The fourth-order valence-electron chi connectivity index (χ4n) is 5.88. The molecular weight excluding hydrogens is 456 g/mol. The second-order valence-electron chi connectivity index (χ2n) is 9.57. The monoisotopic (exact) mass is 488 g/mol. The van der Waals surface area contributed by atoms with Crippen LogP contribution in [0, 0.1) is 0 Å². The summed E-state index contributed by atoms with van der Waals surface area (Å²) in [6.45, 7) is 2.06. The predicted molar refractivity (Wildman–Crippen MR) is 136 cm³/mol. The highest BCUT2D eigenvalue weighted by Crippen LogP contribution is 2.51. The van der Waals surface area contributed by atoms with Crippen molar-refractivity contribution in [1.29, 1.82) is 0 Å². The van der Waals surface area contributed by atoms with Crippen LogP contribution < -0.4 is 14.8 Å². The van der Waals surface area contributed by atoms with Gasteiger partial charge < -0.3 is 25.0 Å². The largest absolute Gasteiger partial charge is 0.507 e. The number of para-hydroxylation sites is 1. The molecule has 36 heavy (non-hydrogen) atoms. The number of methoxy groups -OCH3 is 2. The van der Waals surface area contributed by atoms with Crippen LogP contribution in [-0.2, 0) is 12.0 Å². The zero-order valence-corrected chi connectivity index (χ0v) is 20.6. The number of nitrogens with zero attached hydrogens (tertiary/aromatic N) is 1. The molecule has 1 fully saturated rings. The third-order valence-electron chi connectivity index (χ3n) is 7.81. The quantitative estimate of drug-likeness (QED) is 0.489. The maximum atomic E-state index is 13.2. The number of benzene rings is 3. The van der Waals surface area contributed by atoms with Crippen molar-refractivity contribution in [1.82, 2.24) is 10.2 Å². The average molecular weight is 489 g/mol. The van der Waals surface area contributed by atoms with Crippen LogP contribution in [-0.4, -0.2) is 54.4 Å². The number of nitrogens with one attached hydrogen (secondary N) is 1. The summed E-state index contributed by atoms with van der Waals surface area (Å²) in [5.41, 5.74) is 2.82. The number of fused-ring (bicyclic) bond motifs is 2. The molecule has 1 heterocycles. The Morgan fingerprint density at radius 2 is 1.64 bits per heavy atom. The van der Waals surface area contributed by atoms with E-state index < -0.39 is 17.6 Å². The number of phenols is 1. The highest BCUT2D eigenvalue weighted by Gasteiger charge is 2.53. The van der Waals surface area contributed by atoms with Crippen LogP contribution in [0.4, 0.5) is 0 Å². The zero-order valence-electron chi connectivity index (χ0n) is 20.6. The Kier molecular flexibility index (Phi) is 6.60. The minimum Gasteiger partial charge on any atom is -0.507 e. The van der Waals surface area contributed by atoms with E-state index in [1.54, 1.807) is 44.6 Å². The lowest BCUT2D eigenvalue weighted by Gasteiger charge is -2.43. The number of aliphatic hydroxyl groups excluding tert-OH is 1. The lowest BCUT2D eigenvalue weighted by Crippen LogP contribution is -2.49. The summed E-state index contributed by atoms with van der Waals surface area (Å²) in [5, 5.41) is 25.2. The van der Waals surface area contributed by atoms with Gasteiger partial charge in [0.25, 0.3) is 5.91 Å². The van der Waals surface area contributed by atoms with Crippen molar-refractivity contribution in [3.05, 3.63) is 89.0 Å². The summed E-state index contributed by atoms with van der Waals surface area (Å²) in [4.78, 5) is 15.5. The summed E-state index contributed by atoms with van der Waals surface area (Å²) in [7, 11) is 3.15. The molecule has 7 nitrogen and oxygen atoms in total. The number of hydrogen-bond acceptors (Lipinski definition) is 6. The predicted octanol–water partition coefficient (Wildman–Crippen LogP) is 3.79. The van der Waals surface area contributed by atoms with Crippen molar-refractivity contribution in [3.8, 4) is 17.2 Å². The number of rotatable bonds is 6. The van der Waals surface area contributed by atoms with E-state index in [1.807, 2.05) is 30.3 Å². The first-order valence-electron chi connectivity index (χ1n) is 12.3. The van der Waals surface area contributed by atoms with Crippen LogP contribution >= 0.6 is 0 Å². The molecule has 3 aromatic rings. The summed E-state index contributed by atoms with van der Waals surface area (Å²) in [6, 6.07) is 19.9. The molecule has 1 spiro atoms. The molecule has 0 radical (unpaired) electrons.